The quantitative estimate of drug-likeness (QED) is 0.885. The molecule has 0 aliphatic carbocycles. The summed E-state index contributed by atoms with van der Waals surface area (Å²) in [7, 11) is 0. The molecule has 21 heavy (non-hydrogen) atoms. The Kier molecular flexibility index (Phi) is 4.88. The SMILES string of the molecule is CC(C)(CC(=O)Nc1ccc(Cl)cc1C(F)(F)F)C(=O)O. The molecule has 2 N–H and O–H groups in total. The molecule has 0 aliphatic heterocycles. The molecule has 1 rings (SSSR count). The number of hydrogen-bond donors (Lipinski definition) is 2. The molecule has 0 radical (unpaired) electrons. The fourth-order valence-electron chi connectivity index (χ4n) is 1.53. The Morgan fingerprint density at radius 2 is 1.86 bits per heavy atom. The van der Waals surface area contributed by atoms with E-state index in [4.69, 9.17) is 16.7 Å². The lowest BCUT2D eigenvalue weighted by Gasteiger charge is -2.19. The number of halogens is 4. The predicted octanol–water partition coefficient (Wildman–Crippen LogP) is 3.80. The zero-order valence-corrected chi connectivity index (χ0v) is 12.0. The number of carboxylic acids is 1. The number of rotatable bonds is 4. The first kappa shape index (κ1) is 17.3. The number of nitrogens with one attached hydrogen (secondary N) is 1. The van der Waals surface area contributed by atoms with Crippen LogP contribution in [0, 0.1) is 5.41 Å². The summed E-state index contributed by atoms with van der Waals surface area (Å²) >= 11 is 5.52. The molecule has 116 valence electrons. The second-order valence-corrected chi connectivity index (χ2v) is 5.54. The fourth-order valence-corrected chi connectivity index (χ4v) is 1.70. The highest BCUT2D eigenvalue weighted by Gasteiger charge is 2.35. The highest BCUT2D eigenvalue weighted by molar-refractivity contribution is 6.30. The molecule has 0 saturated carbocycles. The van der Waals surface area contributed by atoms with Gasteiger partial charge in [0.15, 0.2) is 0 Å². The van der Waals surface area contributed by atoms with Gasteiger partial charge in [-0.05, 0) is 32.0 Å². The van der Waals surface area contributed by atoms with E-state index in [2.05, 4.69) is 5.32 Å². The van der Waals surface area contributed by atoms with E-state index in [1.807, 2.05) is 0 Å². The van der Waals surface area contributed by atoms with Crippen molar-refractivity contribution in [3.8, 4) is 0 Å². The van der Waals surface area contributed by atoms with Crippen LogP contribution in [0.2, 0.25) is 5.02 Å². The van der Waals surface area contributed by atoms with Crippen molar-refractivity contribution >= 4 is 29.2 Å². The third-order valence-electron chi connectivity index (χ3n) is 2.74. The summed E-state index contributed by atoms with van der Waals surface area (Å²) in [5.74, 6) is -2.04. The van der Waals surface area contributed by atoms with Gasteiger partial charge in [-0.2, -0.15) is 13.2 Å². The van der Waals surface area contributed by atoms with Crippen molar-refractivity contribution in [1.29, 1.82) is 0 Å². The summed E-state index contributed by atoms with van der Waals surface area (Å²) in [5, 5.41) is 10.9. The molecule has 0 spiro atoms. The number of hydrogen-bond acceptors (Lipinski definition) is 2. The lowest BCUT2D eigenvalue weighted by molar-refractivity contribution is -0.149. The maximum absolute atomic E-state index is 12.8. The number of carbonyl (C=O) groups excluding carboxylic acids is 1. The lowest BCUT2D eigenvalue weighted by atomic mass is 9.89. The summed E-state index contributed by atoms with van der Waals surface area (Å²) in [6.07, 6.45) is -5.14. The lowest BCUT2D eigenvalue weighted by Crippen LogP contribution is -2.30. The van der Waals surface area contributed by atoms with Gasteiger partial charge in [-0.3, -0.25) is 9.59 Å². The maximum Gasteiger partial charge on any atom is 0.418 e. The van der Waals surface area contributed by atoms with Gasteiger partial charge in [0, 0.05) is 11.4 Å². The molecule has 0 aliphatic rings. The number of alkyl halides is 3. The molecule has 0 heterocycles. The van der Waals surface area contributed by atoms with E-state index in [-0.39, 0.29) is 5.02 Å². The number of benzene rings is 1. The Labute approximate surface area is 123 Å². The maximum atomic E-state index is 12.8. The van der Waals surface area contributed by atoms with Crippen LogP contribution in [0.3, 0.4) is 0 Å². The smallest absolute Gasteiger partial charge is 0.418 e. The predicted molar refractivity (Wildman–Crippen MR) is 71.1 cm³/mol. The van der Waals surface area contributed by atoms with Gasteiger partial charge < -0.3 is 10.4 Å². The zero-order chi connectivity index (χ0) is 16.4. The summed E-state index contributed by atoms with van der Waals surface area (Å²) < 4.78 is 38.5. The monoisotopic (exact) mass is 323 g/mol. The second kappa shape index (κ2) is 5.93. The number of carbonyl (C=O) groups is 2. The highest BCUT2D eigenvalue weighted by atomic mass is 35.5. The van der Waals surface area contributed by atoms with E-state index in [0.29, 0.717) is 6.07 Å². The number of carboxylic acid groups (broad SMARTS) is 1. The van der Waals surface area contributed by atoms with E-state index >= 15 is 0 Å². The number of aliphatic carboxylic acids is 1. The molecule has 8 heteroatoms. The van der Waals surface area contributed by atoms with Gasteiger partial charge in [-0.1, -0.05) is 11.6 Å². The van der Waals surface area contributed by atoms with E-state index in [9.17, 15) is 22.8 Å². The minimum atomic E-state index is -4.68. The Morgan fingerprint density at radius 3 is 2.33 bits per heavy atom. The molecular weight excluding hydrogens is 311 g/mol. The van der Waals surface area contributed by atoms with Gasteiger partial charge in [0.05, 0.1) is 16.7 Å². The first-order valence-corrected chi connectivity index (χ1v) is 6.21. The van der Waals surface area contributed by atoms with Crippen molar-refractivity contribution in [1.82, 2.24) is 0 Å². The molecule has 0 aromatic heterocycles. The first-order valence-electron chi connectivity index (χ1n) is 5.83. The van der Waals surface area contributed by atoms with Crippen molar-refractivity contribution in [3.63, 3.8) is 0 Å². The van der Waals surface area contributed by atoms with Gasteiger partial charge in [-0.25, -0.2) is 0 Å². The third kappa shape index (κ3) is 4.63. The molecule has 1 aromatic rings. The molecule has 1 aromatic carbocycles. The van der Waals surface area contributed by atoms with Crippen molar-refractivity contribution in [2.75, 3.05) is 5.32 Å². The highest BCUT2D eigenvalue weighted by Crippen LogP contribution is 2.36. The van der Waals surface area contributed by atoms with Crippen LogP contribution in [-0.4, -0.2) is 17.0 Å². The van der Waals surface area contributed by atoms with E-state index in [0.717, 1.165) is 6.07 Å². The van der Waals surface area contributed by atoms with E-state index < -0.39 is 41.1 Å². The van der Waals surface area contributed by atoms with Crippen molar-refractivity contribution in [2.45, 2.75) is 26.4 Å². The Hall–Kier alpha value is -1.76. The molecule has 0 fully saturated rings. The Bertz CT molecular complexity index is 570. The standard InChI is InChI=1S/C13H13ClF3NO3/c1-12(2,11(20)21)6-10(19)18-9-4-3-7(14)5-8(9)13(15,16)17/h3-5H,6H2,1-2H3,(H,18,19)(H,20,21). The van der Waals surface area contributed by atoms with E-state index in [1.165, 1.54) is 19.9 Å². The van der Waals surface area contributed by atoms with Crippen LogP contribution < -0.4 is 5.32 Å². The van der Waals surface area contributed by atoms with Crippen LogP contribution in [0.5, 0.6) is 0 Å². The zero-order valence-electron chi connectivity index (χ0n) is 11.2. The molecule has 0 bridgehead atoms. The van der Waals surface area contributed by atoms with Crippen LogP contribution in [0.1, 0.15) is 25.8 Å². The van der Waals surface area contributed by atoms with Crippen LogP contribution in [0.15, 0.2) is 18.2 Å². The molecule has 0 atom stereocenters. The van der Waals surface area contributed by atoms with Gasteiger partial charge in [0.1, 0.15) is 0 Å². The van der Waals surface area contributed by atoms with Gasteiger partial charge >= 0.3 is 12.1 Å². The number of amides is 1. The third-order valence-corrected chi connectivity index (χ3v) is 2.98. The van der Waals surface area contributed by atoms with E-state index in [1.54, 1.807) is 0 Å². The summed E-state index contributed by atoms with van der Waals surface area (Å²) in [6.45, 7) is 2.61. The van der Waals surface area contributed by atoms with Gasteiger partial charge in [0.25, 0.3) is 0 Å². The van der Waals surface area contributed by atoms with Crippen molar-refractivity contribution in [2.24, 2.45) is 5.41 Å². The molecule has 0 unspecified atom stereocenters. The second-order valence-electron chi connectivity index (χ2n) is 5.10. The molecule has 1 amide bonds. The molecular formula is C13H13ClF3NO3. The molecule has 4 nitrogen and oxygen atoms in total. The minimum Gasteiger partial charge on any atom is -0.481 e. The van der Waals surface area contributed by atoms with Crippen LogP contribution in [-0.2, 0) is 15.8 Å². The Balaban J connectivity index is 2.99. The van der Waals surface area contributed by atoms with Crippen molar-refractivity contribution < 1.29 is 27.9 Å². The summed E-state index contributed by atoms with van der Waals surface area (Å²) in [6, 6.07) is 2.92. The topological polar surface area (TPSA) is 66.4 Å². The first-order chi connectivity index (χ1) is 9.43. The van der Waals surface area contributed by atoms with Crippen LogP contribution in [0.25, 0.3) is 0 Å². The average Bonchev–Trinajstić information content (AvgIpc) is 2.29. The van der Waals surface area contributed by atoms with Crippen LogP contribution in [0.4, 0.5) is 18.9 Å². The summed E-state index contributed by atoms with van der Waals surface area (Å²) in [4.78, 5) is 22.6. The normalized spacial score (nSPS) is 12.1. The Morgan fingerprint density at radius 1 is 1.29 bits per heavy atom. The average molecular weight is 324 g/mol. The van der Waals surface area contributed by atoms with Crippen molar-refractivity contribution in [3.05, 3.63) is 28.8 Å². The van der Waals surface area contributed by atoms with Crippen LogP contribution >= 0.6 is 11.6 Å². The number of anilines is 1. The van der Waals surface area contributed by atoms with Gasteiger partial charge in [0.2, 0.25) is 5.91 Å². The largest absolute Gasteiger partial charge is 0.481 e. The minimum absolute atomic E-state index is 0.119. The molecule has 0 saturated heterocycles. The summed E-state index contributed by atoms with van der Waals surface area (Å²) in [5.41, 5.74) is -2.93. The van der Waals surface area contributed by atoms with Gasteiger partial charge in [-0.15, -0.1) is 0 Å². The fraction of sp³-hybridized carbons (Fsp3) is 0.385.